The Morgan fingerprint density at radius 1 is 1.08 bits per heavy atom. The fraction of sp³-hybridized carbons (Fsp3) is 0.0625. The van der Waals surface area contributed by atoms with Crippen LogP contribution in [0, 0.1) is 0 Å². The third kappa shape index (κ3) is 4.41. The average molecular weight is 391 g/mol. The molecule has 0 bridgehead atoms. The van der Waals surface area contributed by atoms with Crippen LogP contribution in [0.15, 0.2) is 69.1 Å². The van der Waals surface area contributed by atoms with Crippen molar-refractivity contribution in [1.29, 1.82) is 0 Å². The summed E-state index contributed by atoms with van der Waals surface area (Å²) in [4.78, 5) is 10.7. The number of anilines is 1. The van der Waals surface area contributed by atoms with Gasteiger partial charge in [-0.15, -0.1) is 10.2 Å². The van der Waals surface area contributed by atoms with Crippen LogP contribution in [-0.2, 0) is 14.8 Å². The van der Waals surface area contributed by atoms with Crippen LogP contribution in [0.2, 0.25) is 0 Å². The van der Waals surface area contributed by atoms with Gasteiger partial charge in [0.25, 0.3) is 15.2 Å². The van der Waals surface area contributed by atoms with Gasteiger partial charge in [0.05, 0.1) is 4.90 Å². The van der Waals surface area contributed by atoms with Gasteiger partial charge in [-0.05, 0) is 36.4 Å². The van der Waals surface area contributed by atoms with Crippen LogP contribution in [0.5, 0.6) is 0 Å². The Kier molecular flexibility index (Phi) is 5.24. The topological polar surface area (TPSA) is 122 Å². The third-order valence-corrected chi connectivity index (χ3v) is 5.36. The van der Waals surface area contributed by atoms with Crippen LogP contribution >= 0.6 is 11.8 Å². The number of aliphatic carboxylic acids is 1. The second-order valence-electron chi connectivity index (χ2n) is 5.05. The molecular formula is C16H13N3O5S2. The number of rotatable bonds is 7. The summed E-state index contributed by atoms with van der Waals surface area (Å²) in [7, 11) is -3.66. The number of hydrogen-bond acceptors (Lipinski definition) is 7. The number of aromatic nitrogens is 2. The first-order valence-electron chi connectivity index (χ1n) is 7.30. The molecule has 0 saturated carbocycles. The van der Waals surface area contributed by atoms with Crippen molar-refractivity contribution in [3.05, 3.63) is 54.6 Å². The van der Waals surface area contributed by atoms with Crippen molar-refractivity contribution in [1.82, 2.24) is 10.2 Å². The maximum Gasteiger partial charge on any atom is 0.314 e. The minimum Gasteiger partial charge on any atom is -0.481 e. The Balaban J connectivity index is 1.72. The van der Waals surface area contributed by atoms with E-state index in [0.717, 1.165) is 11.8 Å². The molecule has 0 unspecified atom stereocenters. The van der Waals surface area contributed by atoms with Crippen molar-refractivity contribution in [2.45, 2.75) is 10.1 Å². The molecule has 0 saturated heterocycles. The summed E-state index contributed by atoms with van der Waals surface area (Å²) in [5, 5.41) is 16.4. The molecule has 134 valence electrons. The lowest BCUT2D eigenvalue weighted by molar-refractivity contribution is -0.133. The standard InChI is InChI=1S/C16H13N3O5S2/c20-14(21)10-25-16-18-17-15(24-16)11-6-8-12(9-7-11)19-26(22,23)13-4-2-1-3-5-13/h1-9,19H,10H2,(H,20,21). The lowest BCUT2D eigenvalue weighted by Gasteiger charge is -2.08. The van der Waals surface area contributed by atoms with Gasteiger partial charge in [0, 0.05) is 11.3 Å². The van der Waals surface area contributed by atoms with Crippen LogP contribution in [-0.4, -0.2) is 35.4 Å². The van der Waals surface area contributed by atoms with Crippen molar-refractivity contribution in [3.8, 4) is 11.5 Å². The highest BCUT2D eigenvalue weighted by molar-refractivity contribution is 7.99. The van der Waals surface area contributed by atoms with E-state index in [0.29, 0.717) is 11.3 Å². The Morgan fingerprint density at radius 2 is 1.77 bits per heavy atom. The smallest absolute Gasteiger partial charge is 0.314 e. The monoisotopic (exact) mass is 391 g/mol. The van der Waals surface area contributed by atoms with E-state index in [1.54, 1.807) is 42.5 Å². The van der Waals surface area contributed by atoms with Crippen LogP contribution < -0.4 is 4.72 Å². The first kappa shape index (κ1) is 18.0. The Hall–Kier alpha value is -2.85. The summed E-state index contributed by atoms with van der Waals surface area (Å²) in [6.07, 6.45) is 0. The van der Waals surface area contributed by atoms with Crippen LogP contribution in [0.3, 0.4) is 0 Å². The minimum absolute atomic E-state index is 0.149. The van der Waals surface area contributed by atoms with Gasteiger partial charge in [0.2, 0.25) is 5.89 Å². The van der Waals surface area contributed by atoms with E-state index in [2.05, 4.69) is 14.9 Å². The van der Waals surface area contributed by atoms with Gasteiger partial charge in [-0.2, -0.15) is 0 Å². The first-order valence-corrected chi connectivity index (χ1v) is 9.77. The number of sulfonamides is 1. The van der Waals surface area contributed by atoms with Gasteiger partial charge in [0.15, 0.2) is 0 Å². The second kappa shape index (κ2) is 7.58. The van der Waals surface area contributed by atoms with Crippen molar-refractivity contribution in [2.75, 3.05) is 10.5 Å². The molecule has 0 aliphatic rings. The minimum atomic E-state index is -3.66. The predicted octanol–water partition coefficient (Wildman–Crippen LogP) is 2.71. The van der Waals surface area contributed by atoms with Gasteiger partial charge in [-0.25, -0.2) is 8.42 Å². The molecule has 1 aromatic heterocycles. The number of carboxylic acid groups (broad SMARTS) is 1. The molecule has 10 heteroatoms. The highest BCUT2D eigenvalue weighted by Gasteiger charge is 2.14. The molecule has 0 aliphatic heterocycles. The molecule has 2 aromatic carbocycles. The summed E-state index contributed by atoms with van der Waals surface area (Å²) in [6, 6.07) is 14.4. The summed E-state index contributed by atoms with van der Waals surface area (Å²) >= 11 is 0.921. The van der Waals surface area contributed by atoms with E-state index < -0.39 is 16.0 Å². The van der Waals surface area contributed by atoms with Crippen molar-refractivity contribution in [2.24, 2.45) is 0 Å². The molecule has 3 aromatic rings. The highest BCUT2D eigenvalue weighted by atomic mass is 32.2. The molecule has 26 heavy (non-hydrogen) atoms. The highest BCUT2D eigenvalue weighted by Crippen LogP contribution is 2.25. The number of nitrogens with one attached hydrogen (secondary N) is 1. The van der Waals surface area contributed by atoms with Crippen LogP contribution in [0.25, 0.3) is 11.5 Å². The van der Waals surface area contributed by atoms with Gasteiger partial charge in [0.1, 0.15) is 5.75 Å². The molecule has 0 aliphatic carbocycles. The molecule has 0 spiro atoms. The summed E-state index contributed by atoms with van der Waals surface area (Å²) in [6.45, 7) is 0. The molecule has 0 radical (unpaired) electrons. The summed E-state index contributed by atoms with van der Waals surface area (Å²) in [5.74, 6) is -0.942. The van der Waals surface area contributed by atoms with Crippen molar-refractivity contribution < 1.29 is 22.7 Å². The van der Waals surface area contributed by atoms with E-state index in [1.165, 1.54) is 12.1 Å². The van der Waals surface area contributed by atoms with Gasteiger partial charge < -0.3 is 9.52 Å². The maximum atomic E-state index is 12.3. The Bertz CT molecular complexity index is 1000. The zero-order valence-electron chi connectivity index (χ0n) is 13.2. The number of hydrogen-bond donors (Lipinski definition) is 2. The van der Waals surface area contributed by atoms with Crippen molar-refractivity contribution >= 4 is 33.4 Å². The van der Waals surface area contributed by atoms with E-state index in [-0.39, 0.29) is 21.8 Å². The predicted molar refractivity (Wildman–Crippen MR) is 95.3 cm³/mol. The lowest BCUT2D eigenvalue weighted by Crippen LogP contribution is -2.12. The lowest BCUT2D eigenvalue weighted by atomic mass is 10.2. The van der Waals surface area contributed by atoms with E-state index in [9.17, 15) is 13.2 Å². The molecule has 2 N–H and O–H groups in total. The second-order valence-corrected chi connectivity index (χ2v) is 7.66. The summed E-state index contributed by atoms with van der Waals surface area (Å²) in [5.41, 5.74) is 0.972. The normalized spacial score (nSPS) is 11.2. The largest absolute Gasteiger partial charge is 0.481 e. The van der Waals surface area contributed by atoms with E-state index in [4.69, 9.17) is 9.52 Å². The van der Waals surface area contributed by atoms with Crippen molar-refractivity contribution in [3.63, 3.8) is 0 Å². The molecular weight excluding hydrogens is 378 g/mol. The summed E-state index contributed by atoms with van der Waals surface area (Å²) < 4.78 is 32.4. The molecule has 3 rings (SSSR count). The number of carboxylic acids is 1. The average Bonchev–Trinajstić information content (AvgIpc) is 3.10. The Morgan fingerprint density at radius 3 is 2.42 bits per heavy atom. The molecule has 0 atom stereocenters. The zero-order valence-corrected chi connectivity index (χ0v) is 14.8. The fourth-order valence-electron chi connectivity index (χ4n) is 2.00. The SMILES string of the molecule is O=C(O)CSc1nnc(-c2ccc(NS(=O)(=O)c3ccccc3)cc2)o1. The van der Waals surface area contributed by atoms with Crippen LogP contribution in [0.4, 0.5) is 5.69 Å². The first-order chi connectivity index (χ1) is 12.4. The molecule has 0 fully saturated rings. The number of carbonyl (C=O) groups is 1. The quantitative estimate of drug-likeness (QED) is 0.590. The molecule has 8 nitrogen and oxygen atoms in total. The third-order valence-electron chi connectivity index (χ3n) is 3.16. The number of benzene rings is 2. The number of thioether (sulfide) groups is 1. The van der Waals surface area contributed by atoms with E-state index >= 15 is 0 Å². The van der Waals surface area contributed by atoms with Gasteiger partial charge >= 0.3 is 5.97 Å². The molecule has 1 heterocycles. The number of nitrogens with zero attached hydrogens (tertiary/aromatic N) is 2. The van der Waals surface area contributed by atoms with Gasteiger partial charge in [-0.3, -0.25) is 9.52 Å². The Labute approximate surface area is 153 Å². The molecule has 0 amide bonds. The maximum absolute atomic E-state index is 12.3. The van der Waals surface area contributed by atoms with Crippen LogP contribution in [0.1, 0.15) is 0 Å². The van der Waals surface area contributed by atoms with E-state index in [1.807, 2.05) is 0 Å². The zero-order chi connectivity index (χ0) is 18.6. The fourth-order valence-corrected chi connectivity index (χ4v) is 3.57. The van der Waals surface area contributed by atoms with Gasteiger partial charge in [-0.1, -0.05) is 30.0 Å².